The average Bonchev–Trinajstić information content (AvgIpc) is 2.83. The third kappa shape index (κ3) is 7.47. The van der Waals surface area contributed by atoms with Crippen LogP contribution < -0.4 is 14.8 Å². The van der Waals surface area contributed by atoms with Crippen molar-refractivity contribution in [2.24, 2.45) is 0 Å². The standard InChI is InChI=1S/C16H18N2O3.C8H8O2/c1-3-21-16(19)14-8-5-9-17-15(14)18-11-12-6-4-7-13(10-12)20-2;1-10-8-4-2-3-7(5-8)6-9/h4-10H,3,11H2,1-2H3,(H,17,18);2-6H,1H3. The van der Waals surface area contributed by atoms with Gasteiger partial charge in [0, 0.05) is 18.3 Å². The molecule has 0 unspecified atom stereocenters. The first-order valence-electron chi connectivity index (χ1n) is 9.69. The van der Waals surface area contributed by atoms with Crippen molar-refractivity contribution < 1.29 is 23.8 Å². The van der Waals surface area contributed by atoms with Crippen LogP contribution in [0.3, 0.4) is 0 Å². The Balaban J connectivity index is 0.000000285. The first-order valence-corrected chi connectivity index (χ1v) is 9.69. The second-order valence-electron chi connectivity index (χ2n) is 6.22. The number of ether oxygens (including phenoxy) is 3. The zero-order chi connectivity index (χ0) is 22.5. The van der Waals surface area contributed by atoms with Gasteiger partial charge < -0.3 is 19.5 Å². The summed E-state index contributed by atoms with van der Waals surface area (Å²) in [5.74, 6) is 1.64. The van der Waals surface area contributed by atoms with Gasteiger partial charge >= 0.3 is 5.97 Å². The van der Waals surface area contributed by atoms with Crippen LogP contribution in [-0.4, -0.2) is 38.1 Å². The summed E-state index contributed by atoms with van der Waals surface area (Å²) in [6.45, 7) is 2.65. The molecule has 1 aromatic heterocycles. The molecule has 7 heteroatoms. The van der Waals surface area contributed by atoms with Crippen LogP contribution >= 0.6 is 0 Å². The van der Waals surface area contributed by atoms with Gasteiger partial charge in [-0.3, -0.25) is 4.79 Å². The van der Waals surface area contributed by atoms with Crippen molar-refractivity contribution in [2.45, 2.75) is 13.5 Å². The smallest absolute Gasteiger partial charge is 0.341 e. The quantitative estimate of drug-likeness (QED) is 0.426. The third-order valence-electron chi connectivity index (χ3n) is 4.13. The van der Waals surface area contributed by atoms with Crippen molar-refractivity contribution >= 4 is 18.1 Å². The van der Waals surface area contributed by atoms with Gasteiger partial charge in [-0.05, 0) is 48.9 Å². The lowest BCUT2D eigenvalue weighted by molar-refractivity contribution is 0.0527. The Hall–Kier alpha value is -3.87. The fourth-order valence-electron chi connectivity index (χ4n) is 2.60. The lowest BCUT2D eigenvalue weighted by atomic mass is 10.2. The molecule has 0 saturated carbocycles. The maximum atomic E-state index is 11.9. The van der Waals surface area contributed by atoms with Gasteiger partial charge in [0.2, 0.25) is 0 Å². The highest BCUT2D eigenvalue weighted by molar-refractivity contribution is 5.94. The number of aromatic nitrogens is 1. The van der Waals surface area contributed by atoms with E-state index in [9.17, 15) is 9.59 Å². The molecule has 1 N–H and O–H groups in total. The Morgan fingerprint density at radius 3 is 2.39 bits per heavy atom. The number of nitrogens with one attached hydrogen (secondary N) is 1. The maximum absolute atomic E-state index is 11.9. The normalized spacial score (nSPS) is 9.65. The van der Waals surface area contributed by atoms with Crippen molar-refractivity contribution in [1.82, 2.24) is 4.98 Å². The minimum atomic E-state index is -0.376. The second kappa shape index (κ2) is 12.6. The lowest BCUT2D eigenvalue weighted by Crippen LogP contribution is -2.11. The molecule has 3 rings (SSSR count). The molecule has 0 spiro atoms. The number of hydrogen-bond donors (Lipinski definition) is 1. The van der Waals surface area contributed by atoms with Gasteiger partial charge in [-0.15, -0.1) is 0 Å². The Morgan fingerprint density at radius 1 is 1.00 bits per heavy atom. The van der Waals surface area contributed by atoms with E-state index in [1.54, 1.807) is 63.7 Å². The van der Waals surface area contributed by atoms with Crippen LogP contribution in [0.2, 0.25) is 0 Å². The van der Waals surface area contributed by atoms with Crippen LogP contribution in [0.1, 0.15) is 33.2 Å². The zero-order valence-corrected chi connectivity index (χ0v) is 17.8. The van der Waals surface area contributed by atoms with Crippen LogP contribution in [-0.2, 0) is 11.3 Å². The number of methoxy groups -OCH3 is 2. The molecule has 0 atom stereocenters. The summed E-state index contributed by atoms with van der Waals surface area (Å²) in [6, 6.07) is 18.1. The minimum absolute atomic E-state index is 0.336. The van der Waals surface area contributed by atoms with Crippen molar-refractivity contribution in [2.75, 3.05) is 26.1 Å². The van der Waals surface area contributed by atoms with Crippen LogP contribution in [0.4, 0.5) is 5.82 Å². The maximum Gasteiger partial charge on any atom is 0.341 e. The monoisotopic (exact) mass is 422 g/mol. The largest absolute Gasteiger partial charge is 0.497 e. The summed E-state index contributed by atoms with van der Waals surface area (Å²) < 4.78 is 15.1. The lowest BCUT2D eigenvalue weighted by Gasteiger charge is -2.10. The molecule has 0 bridgehead atoms. The van der Waals surface area contributed by atoms with Gasteiger partial charge in [-0.2, -0.15) is 0 Å². The molecule has 0 saturated heterocycles. The fraction of sp³-hybridized carbons (Fsp3) is 0.208. The molecule has 0 aliphatic heterocycles. The van der Waals surface area contributed by atoms with Gasteiger partial charge in [0.1, 0.15) is 29.2 Å². The highest BCUT2D eigenvalue weighted by Crippen LogP contribution is 2.17. The third-order valence-corrected chi connectivity index (χ3v) is 4.13. The number of carbonyl (C=O) groups is 2. The molecule has 0 fully saturated rings. The summed E-state index contributed by atoms with van der Waals surface area (Å²) in [4.78, 5) is 26.3. The average molecular weight is 422 g/mol. The van der Waals surface area contributed by atoms with E-state index in [0.717, 1.165) is 17.6 Å². The molecule has 7 nitrogen and oxygen atoms in total. The van der Waals surface area contributed by atoms with Crippen LogP contribution in [0.25, 0.3) is 0 Å². The predicted octanol–water partition coefficient (Wildman–Crippen LogP) is 4.39. The molecular weight excluding hydrogens is 396 g/mol. The first kappa shape index (κ1) is 23.4. The Bertz CT molecular complexity index is 991. The molecule has 3 aromatic rings. The molecule has 162 valence electrons. The Labute approximate surface area is 182 Å². The molecule has 1 heterocycles. The number of nitrogens with zero attached hydrogens (tertiary/aromatic N) is 1. The van der Waals surface area contributed by atoms with Crippen LogP contribution in [0.5, 0.6) is 11.5 Å². The van der Waals surface area contributed by atoms with Gasteiger partial charge in [-0.25, -0.2) is 9.78 Å². The SMILES string of the molecule is CCOC(=O)c1cccnc1NCc1cccc(OC)c1.COc1cccc(C=O)c1. The van der Waals surface area contributed by atoms with E-state index >= 15 is 0 Å². The van der Waals surface area contributed by atoms with Crippen molar-refractivity contribution in [3.63, 3.8) is 0 Å². The number of rotatable bonds is 8. The summed E-state index contributed by atoms with van der Waals surface area (Å²) in [6.07, 6.45) is 2.43. The van der Waals surface area contributed by atoms with Gasteiger partial charge in [0.15, 0.2) is 0 Å². The molecule has 0 aliphatic carbocycles. The Morgan fingerprint density at radius 2 is 1.71 bits per heavy atom. The van der Waals surface area contributed by atoms with Crippen molar-refractivity contribution in [3.8, 4) is 11.5 Å². The predicted molar refractivity (Wildman–Crippen MR) is 119 cm³/mol. The number of carbonyl (C=O) groups excluding carboxylic acids is 2. The summed E-state index contributed by atoms with van der Waals surface area (Å²) in [7, 11) is 3.20. The van der Waals surface area contributed by atoms with E-state index < -0.39 is 0 Å². The number of aldehydes is 1. The van der Waals surface area contributed by atoms with E-state index in [0.29, 0.717) is 35.8 Å². The molecular formula is C24H26N2O5. The molecule has 31 heavy (non-hydrogen) atoms. The second-order valence-corrected chi connectivity index (χ2v) is 6.22. The molecule has 0 amide bonds. The van der Waals surface area contributed by atoms with E-state index in [-0.39, 0.29) is 5.97 Å². The first-order chi connectivity index (χ1) is 15.1. The number of hydrogen-bond acceptors (Lipinski definition) is 7. The van der Waals surface area contributed by atoms with Crippen LogP contribution in [0.15, 0.2) is 66.9 Å². The molecule has 0 radical (unpaired) electrons. The zero-order valence-electron chi connectivity index (χ0n) is 17.8. The topological polar surface area (TPSA) is 86.8 Å². The summed E-state index contributed by atoms with van der Waals surface area (Å²) in [5.41, 5.74) is 2.11. The van der Waals surface area contributed by atoms with Crippen molar-refractivity contribution in [1.29, 1.82) is 0 Å². The molecule has 0 aliphatic rings. The van der Waals surface area contributed by atoms with Crippen molar-refractivity contribution in [3.05, 3.63) is 83.6 Å². The number of benzene rings is 2. The highest BCUT2D eigenvalue weighted by Gasteiger charge is 2.12. The highest BCUT2D eigenvalue weighted by atomic mass is 16.5. The van der Waals surface area contributed by atoms with E-state index in [1.807, 2.05) is 24.3 Å². The van der Waals surface area contributed by atoms with Gasteiger partial charge in [0.05, 0.1) is 20.8 Å². The fourth-order valence-corrected chi connectivity index (χ4v) is 2.60. The van der Waals surface area contributed by atoms with E-state index in [1.165, 1.54) is 0 Å². The van der Waals surface area contributed by atoms with Gasteiger partial charge in [0.25, 0.3) is 0 Å². The number of pyridine rings is 1. The van der Waals surface area contributed by atoms with E-state index in [4.69, 9.17) is 14.2 Å². The summed E-state index contributed by atoms with van der Waals surface area (Å²) >= 11 is 0. The number of esters is 1. The minimum Gasteiger partial charge on any atom is -0.497 e. The number of anilines is 1. The van der Waals surface area contributed by atoms with E-state index in [2.05, 4.69) is 10.3 Å². The van der Waals surface area contributed by atoms with Gasteiger partial charge in [-0.1, -0.05) is 24.3 Å². The summed E-state index contributed by atoms with van der Waals surface area (Å²) in [5, 5.41) is 3.15. The Kier molecular flexibility index (Phi) is 9.55. The molecule has 2 aromatic carbocycles. The van der Waals surface area contributed by atoms with Crippen LogP contribution in [0, 0.1) is 0 Å².